The van der Waals surface area contributed by atoms with Gasteiger partial charge in [0.1, 0.15) is 0 Å². The smallest absolute Gasteiger partial charge is 0.335 e. The van der Waals surface area contributed by atoms with Gasteiger partial charge in [0.15, 0.2) is 0 Å². The molecule has 4 nitrogen and oxygen atoms in total. The minimum atomic E-state index is -0.354. The van der Waals surface area contributed by atoms with Gasteiger partial charge in [-0.2, -0.15) is 0 Å². The van der Waals surface area contributed by atoms with Gasteiger partial charge in [-0.15, -0.1) is 0 Å². The van der Waals surface area contributed by atoms with Gasteiger partial charge >= 0.3 is 11.9 Å². The van der Waals surface area contributed by atoms with Crippen LogP contribution in [0.1, 0.15) is 34.1 Å². The molecule has 2 saturated carbocycles. The summed E-state index contributed by atoms with van der Waals surface area (Å²) < 4.78 is 10.6. The van der Waals surface area contributed by atoms with Gasteiger partial charge in [0.05, 0.1) is 24.4 Å². The van der Waals surface area contributed by atoms with Crippen molar-refractivity contribution < 1.29 is 19.1 Å². The lowest BCUT2D eigenvalue weighted by molar-refractivity contribution is -0.217. The maximum Gasteiger partial charge on any atom is 0.335 e. The van der Waals surface area contributed by atoms with Crippen LogP contribution in [0.4, 0.5) is 0 Å². The van der Waals surface area contributed by atoms with Crippen molar-refractivity contribution in [3.63, 3.8) is 0 Å². The van der Waals surface area contributed by atoms with Crippen molar-refractivity contribution in [2.45, 2.75) is 34.1 Å². The van der Waals surface area contributed by atoms with Gasteiger partial charge in [-0.25, -0.2) is 9.59 Å². The first kappa shape index (κ1) is 17.6. The highest BCUT2D eigenvalue weighted by molar-refractivity contribution is 6.02. The lowest BCUT2D eigenvalue weighted by Gasteiger charge is -2.74. The molecule has 0 heterocycles. The van der Waals surface area contributed by atoms with Crippen molar-refractivity contribution in [2.75, 3.05) is 13.2 Å². The second-order valence-electron chi connectivity index (χ2n) is 8.45. The number of rotatable bonds is 5. The molecule has 0 aromatic heterocycles. The molecule has 0 amide bonds. The highest BCUT2D eigenvalue weighted by Gasteiger charge is 2.72. The molecule has 0 N–H and O–H groups in total. The molecule has 5 aliphatic carbocycles. The topological polar surface area (TPSA) is 52.6 Å². The Kier molecular flexibility index (Phi) is 3.94. The summed E-state index contributed by atoms with van der Waals surface area (Å²) in [4.78, 5) is 25.4. The summed E-state index contributed by atoms with van der Waals surface area (Å²) in [7, 11) is 0. The van der Waals surface area contributed by atoms with E-state index in [0.717, 1.165) is 6.42 Å². The van der Waals surface area contributed by atoms with Gasteiger partial charge in [-0.05, 0) is 56.3 Å². The first-order chi connectivity index (χ1) is 12.4. The summed E-state index contributed by atoms with van der Waals surface area (Å²) in [6.45, 7) is 12.9. The number of hydrogen-bond donors (Lipinski definition) is 0. The summed E-state index contributed by atoms with van der Waals surface area (Å²) in [5.41, 5.74) is 2.49. The highest BCUT2D eigenvalue weighted by Crippen LogP contribution is 2.76. The van der Waals surface area contributed by atoms with Gasteiger partial charge < -0.3 is 9.47 Å². The molecule has 0 aliphatic heterocycles. The number of ether oxygens (including phenoxy) is 2. The third-order valence-electron chi connectivity index (χ3n) is 7.49. The molecule has 0 unspecified atom stereocenters. The molecule has 0 aromatic rings. The number of allylic oxidation sites excluding steroid dienone is 3. The minimum absolute atomic E-state index is 0.0145. The van der Waals surface area contributed by atoms with Crippen molar-refractivity contribution >= 4 is 11.9 Å². The third-order valence-corrected chi connectivity index (χ3v) is 7.49. The molecule has 5 rings (SSSR count). The van der Waals surface area contributed by atoms with Crippen molar-refractivity contribution in [2.24, 2.45) is 40.9 Å². The van der Waals surface area contributed by atoms with E-state index in [1.165, 1.54) is 5.57 Å². The minimum Gasteiger partial charge on any atom is -0.463 e. The normalized spacial score (nSPS) is 41.5. The number of carbonyl (C=O) groups excluding carboxylic acids is 2. The molecule has 2 bridgehead atoms. The standard InChI is InChI=1S/C22H28O4/c1-6-25-20(23)17-12-8-9-13(18(17)21(24)26-7-2)16-15(12)14-10-22(5,11(3)4)19(14)16/h8-9,12-16,19H,3,6-7,10H2,1-2,4-5H3/t12-,13+,14-,15-,16-,19-,22+/m1/s1. The maximum atomic E-state index is 12.7. The lowest BCUT2D eigenvalue weighted by Crippen LogP contribution is -2.70. The first-order valence-corrected chi connectivity index (χ1v) is 9.79. The van der Waals surface area contributed by atoms with E-state index in [4.69, 9.17) is 9.47 Å². The Morgan fingerprint density at radius 2 is 1.58 bits per heavy atom. The van der Waals surface area contributed by atoms with E-state index in [1.807, 2.05) is 0 Å². The van der Waals surface area contributed by atoms with E-state index in [0.29, 0.717) is 48.0 Å². The SMILES string of the molecule is C=C(C)[C@]1(C)C[C@@H]2[C@@H]3[C@H]([C@@H]21)[C@@H]1C=C[C@H]3C(C(=O)OCC)=C1C(=O)OCC. The fourth-order valence-corrected chi connectivity index (χ4v) is 6.30. The monoisotopic (exact) mass is 356 g/mol. The Balaban J connectivity index is 1.75. The average molecular weight is 356 g/mol. The van der Waals surface area contributed by atoms with Crippen LogP contribution in [0.5, 0.6) is 0 Å². The van der Waals surface area contributed by atoms with Gasteiger partial charge in [0, 0.05) is 11.8 Å². The molecule has 0 saturated heterocycles. The second-order valence-corrected chi connectivity index (χ2v) is 8.45. The number of esters is 2. The Labute approximate surface area is 155 Å². The van der Waals surface area contributed by atoms with E-state index in [9.17, 15) is 9.59 Å². The number of hydrogen-bond acceptors (Lipinski definition) is 4. The van der Waals surface area contributed by atoms with E-state index < -0.39 is 0 Å². The van der Waals surface area contributed by atoms with E-state index in [-0.39, 0.29) is 29.2 Å². The Morgan fingerprint density at radius 1 is 1.08 bits per heavy atom. The van der Waals surface area contributed by atoms with Crippen molar-refractivity contribution in [1.29, 1.82) is 0 Å². The Bertz CT molecular complexity index is 745. The zero-order valence-corrected chi connectivity index (χ0v) is 16.1. The van der Waals surface area contributed by atoms with Crippen LogP contribution in [0.2, 0.25) is 0 Å². The largest absolute Gasteiger partial charge is 0.463 e. The number of fused-ring (bicyclic) bond motifs is 1. The van der Waals surface area contributed by atoms with Crippen LogP contribution in [-0.2, 0) is 19.1 Å². The van der Waals surface area contributed by atoms with Crippen LogP contribution >= 0.6 is 0 Å². The summed E-state index contributed by atoms with van der Waals surface area (Å²) in [5, 5.41) is 0. The predicted molar refractivity (Wildman–Crippen MR) is 97.9 cm³/mol. The van der Waals surface area contributed by atoms with Gasteiger partial charge in [0.25, 0.3) is 0 Å². The lowest BCUT2D eigenvalue weighted by atomic mass is 9.29. The Hall–Kier alpha value is -1.84. The van der Waals surface area contributed by atoms with Crippen LogP contribution < -0.4 is 0 Å². The van der Waals surface area contributed by atoms with Crippen LogP contribution in [0.15, 0.2) is 35.5 Å². The van der Waals surface area contributed by atoms with Crippen molar-refractivity contribution in [1.82, 2.24) is 0 Å². The molecule has 5 aliphatic rings. The van der Waals surface area contributed by atoms with Crippen LogP contribution in [0, 0.1) is 40.9 Å². The maximum absolute atomic E-state index is 12.7. The number of carbonyl (C=O) groups is 2. The van der Waals surface area contributed by atoms with Crippen molar-refractivity contribution in [3.05, 3.63) is 35.5 Å². The van der Waals surface area contributed by atoms with Gasteiger partial charge in [0.2, 0.25) is 0 Å². The summed E-state index contributed by atoms with van der Waals surface area (Å²) in [5.74, 6) is 1.26. The first-order valence-electron chi connectivity index (χ1n) is 9.79. The fraction of sp³-hybridized carbons (Fsp3) is 0.636. The molecule has 4 heteroatoms. The second kappa shape index (κ2) is 5.83. The third kappa shape index (κ3) is 2.02. The van der Waals surface area contributed by atoms with Crippen LogP contribution in [-0.4, -0.2) is 25.2 Å². The average Bonchev–Trinajstić information content (AvgIpc) is 2.58. The molecule has 26 heavy (non-hydrogen) atoms. The van der Waals surface area contributed by atoms with Crippen LogP contribution in [0.25, 0.3) is 0 Å². The molecular formula is C22H28O4. The molecule has 0 spiro atoms. The Morgan fingerprint density at radius 3 is 2.04 bits per heavy atom. The zero-order valence-electron chi connectivity index (χ0n) is 16.1. The molecule has 140 valence electrons. The zero-order chi connectivity index (χ0) is 18.8. The fourth-order valence-electron chi connectivity index (χ4n) is 6.30. The molecule has 7 atom stereocenters. The van der Waals surface area contributed by atoms with Crippen LogP contribution in [0.3, 0.4) is 0 Å². The summed E-state index contributed by atoms with van der Waals surface area (Å²) in [6.07, 6.45) is 5.40. The predicted octanol–water partition coefficient (Wildman–Crippen LogP) is 3.69. The summed E-state index contributed by atoms with van der Waals surface area (Å²) >= 11 is 0. The molecule has 0 radical (unpaired) electrons. The highest BCUT2D eigenvalue weighted by atomic mass is 16.5. The van der Waals surface area contributed by atoms with Gasteiger partial charge in [-0.1, -0.05) is 31.2 Å². The quantitative estimate of drug-likeness (QED) is 0.557. The summed E-state index contributed by atoms with van der Waals surface area (Å²) in [6, 6.07) is 0. The van der Waals surface area contributed by atoms with Gasteiger partial charge in [-0.3, -0.25) is 0 Å². The molecule has 0 aromatic carbocycles. The molecular weight excluding hydrogens is 328 g/mol. The molecule has 2 fully saturated rings. The van der Waals surface area contributed by atoms with Crippen molar-refractivity contribution in [3.8, 4) is 0 Å². The van der Waals surface area contributed by atoms with E-state index in [2.05, 4.69) is 32.6 Å². The van der Waals surface area contributed by atoms with E-state index >= 15 is 0 Å². The van der Waals surface area contributed by atoms with E-state index in [1.54, 1.807) is 13.8 Å².